The zero-order valence-electron chi connectivity index (χ0n) is 13.9. The van der Waals surface area contributed by atoms with Crippen LogP contribution >= 0.6 is 0 Å². The molecule has 0 bridgehead atoms. The third kappa shape index (κ3) is 2.96. The molecular weight excluding hydrogens is 308 g/mol. The molecule has 0 spiro atoms. The second-order valence-corrected chi connectivity index (χ2v) is 6.06. The van der Waals surface area contributed by atoms with E-state index in [4.69, 9.17) is 4.74 Å². The van der Waals surface area contributed by atoms with Crippen molar-refractivity contribution in [1.82, 2.24) is 9.55 Å². The zero-order chi connectivity index (χ0) is 17.3. The van der Waals surface area contributed by atoms with Gasteiger partial charge in [-0.15, -0.1) is 0 Å². The first-order valence-electron chi connectivity index (χ1n) is 8.26. The van der Waals surface area contributed by atoms with E-state index in [2.05, 4.69) is 4.98 Å². The van der Waals surface area contributed by atoms with E-state index in [0.717, 1.165) is 12.8 Å². The van der Waals surface area contributed by atoms with Gasteiger partial charge in [0.2, 0.25) is 0 Å². The second-order valence-electron chi connectivity index (χ2n) is 6.06. The van der Waals surface area contributed by atoms with E-state index in [-0.39, 0.29) is 11.3 Å². The van der Waals surface area contributed by atoms with Crippen LogP contribution in [-0.2, 0) is 16.1 Å². The largest absolute Gasteiger partial charge is 0.451 e. The van der Waals surface area contributed by atoms with Crippen LogP contribution in [0.5, 0.6) is 0 Å². The molecule has 1 aromatic carbocycles. The van der Waals surface area contributed by atoms with Crippen LogP contribution < -0.4 is 5.56 Å². The van der Waals surface area contributed by atoms with Gasteiger partial charge in [-0.25, -0.2) is 9.78 Å². The van der Waals surface area contributed by atoms with Gasteiger partial charge in [0.25, 0.3) is 5.56 Å². The Hall–Kier alpha value is -2.50. The number of fused-ring (bicyclic) bond motifs is 1. The van der Waals surface area contributed by atoms with Crippen LogP contribution in [-0.4, -0.2) is 27.4 Å². The van der Waals surface area contributed by atoms with Gasteiger partial charge in [0.15, 0.2) is 11.9 Å². The fraction of sp³-hybridized carbons (Fsp3) is 0.444. The Bertz CT molecular complexity index is 869. The lowest BCUT2D eigenvalue weighted by Crippen LogP contribution is -2.30. The predicted octanol–water partition coefficient (Wildman–Crippen LogP) is 2.39. The molecule has 126 valence electrons. The van der Waals surface area contributed by atoms with E-state index in [1.807, 2.05) is 6.92 Å². The van der Waals surface area contributed by atoms with Crippen LogP contribution in [0.1, 0.15) is 48.7 Å². The average molecular weight is 328 g/mol. The fourth-order valence-corrected chi connectivity index (χ4v) is 3.09. The number of carbonyl (C=O) groups excluding carboxylic acids is 2. The third-order valence-corrected chi connectivity index (χ3v) is 4.41. The molecule has 6 nitrogen and oxygen atoms in total. The van der Waals surface area contributed by atoms with Crippen molar-refractivity contribution >= 4 is 22.8 Å². The Labute approximate surface area is 139 Å². The van der Waals surface area contributed by atoms with Crippen molar-refractivity contribution in [2.45, 2.75) is 52.2 Å². The number of esters is 1. The summed E-state index contributed by atoms with van der Waals surface area (Å²) in [5.74, 6) is -0.532. The first-order chi connectivity index (χ1) is 11.5. The fourth-order valence-electron chi connectivity index (χ4n) is 3.09. The highest BCUT2D eigenvalue weighted by Gasteiger charge is 2.26. The molecule has 0 unspecified atom stereocenters. The highest BCUT2D eigenvalue weighted by atomic mass is 16.5. The molecule has 24 heavy (non-hydrogen) atoms. The van der Waals surface area contributed by atoms with Gasteiger partial charge in [-0.3, -0.25) is 9.59 Å². The zero-order valence-corrected chi connectivity index (χ0v) is 13.9. The van der Waals surface area contributed by atoms with Crippen molar-refractivity contribution in [3.8, 4) is 0 Å². The highest BCUT2D eigenvalue weighted by Crippen LogP contribution is 2.20. The van der Waals surface area contributed by atoms with E-state index in [9.17, 15) is 14.4 Å². The van der Waals surface area contributed by atoms with E-state index in [1.54, 1.807) is 29.7 Å². The Morgan fingerprint density at radius 2 is 2.12 bits per heavy atom. The minimum atomic E-state index is -0.638. The lowest BCUT2D eigenvalue weighted by molar-refractivity contribution is -0.129. The van der Waals surface area contributed by atoms with Crippen molar-refractivity contribution in [1.29, 1.82) is 0 Å². The Balaban J connectivity index is 1.93. The maximum Gasteiger partial charge on any atom is 0.338 e. The van der Waals surface area contributed by atoms with Crippen LogP contribution in [0.25, 0.3) is 11.0 Å². The molecule has 2 aromatic rings. The molecule has 0 amide bonds. The molecule has 1 aliphatic carbocycles. The van der Waals surface area contributed by atoms with Crippen molar-refractivity contribution in [2.24, 2.45) is 0 Å². The van der Waals surface area contributed by atoms with Crippen molar-refractivity contribution in [3.63, 3.8) is 0 Å². The predicted molar refractivity (Wildman–Crippen MR) is 89.1 cm³/mol. The molecule has 1 aromatic heterocycles. The van der Waals surface area contributed by atoms with Crippen molar-refractivity contribution < 1.29 is 14.3 Å². The smallest absolute Gasteiger partial charge is 0.338 e. The van der Waals surface area contributed by atoms with Crippen molar-refractivity contribution in [2.75, 3.05) is 0 Å². The van der Waals surface area contributed by atoms with E-state index < -0.39 is 12.1 Å². The number of nitrogens with zero attached hydrogens (tertiary/aromatic N) is 2. The number of aromatic nitrogens is 2. The van der Waals surface area contributed by atoms with Crippen molar-refractivity contribution in [3.05, 3.63) is 39.8 Å². The van der Waals surface area contributed by atoms with Gasteiger partial charge in [-0.1, -0.05) is 0 Å². The number of benzene rings is 1. The number of rotatable bonds is 3. The molecule has 1 fully saturated rings. The van der Waals surface area contributed by atoms with Gasteiger partial charge >= 0.3 is 5.97 Å². The first kappa shape index (κ1) is 16.4. The lowest BCUT2D eigenvalue weighted by atomic mass is 9.96. The SMILES string of the molecule is CCn1c(=O)c(C)nc2cc(C(=O)O[C@H]3CCCCC3=O)ccc21. The summed E-state index contributed by atoms with van der Waals surface area (Å²) in [6.45, 7) is 4.07. The molecule has 0 saturated heterocycles. The number of hydrogen-bond acceptors (Lipinski definition) is 5. The van der Waals surface area contributed by atoms with Gasteiger partial charge in [0, 0.05) is 13.0 Å². The minimum Gasteiger partial charge on any atom is -0.451 e. The molecule has 0 aliphatic heterocycles. The molecule has 1 aliphatic rings. The molecule has 1 atom stereocenters. The summed E-state index contributed by atoms with van der Waals surface area (Å²) >= 11 is 0. The lowest BCUT2D eigenvalue weighted by Gasteiger charge is -2.20. The van der Waals surface area contributed by atoms with Crippen LogP contribution in [0.2, 0.25) is 0 Å². The molecule has 3 rings (SSSR count). The molecule has 0 radical (unpaired) electrons. The number of aryl methyl sites for hydroxylation is 2. The molecule has 6 heteroatoms. The first-order valence-corrected chi connectivity index (χ1v) is 8.26. The van der Waals surface area contributed by atoms with Crippen LogP contribution in [0, 0.1) is 6.92 Å². The molecular formula is C18H20N2O4. The Morgan fingerprint density at radius 3 is 2.83 bits per heavy atom. The Morgan fingerprint density at radius 1 is 1.33 bits per heavy atom. The number of ketones is 1. The summed E-state index contributed by atoms with van der Waals surface area (Å²) in [6, 6.07) is 4.93. The number of Topliss-reactive ketones (excluding diaryl/α,β-unsaturated/α-hetero) is 1. The van der Waals surface area contributed by atoms with Gasteiger partial charge in [-0.05, 0) is 51.3 Å². The molecule has 1 heterocycles. The number of ether oxygens (including phenoxy) is 1. The average Bonchev–Trinajstić information content (AvgIpc) is 2.57. The third-order valence-electron chi connectivity index (χ3n) is 4.41. The summed E-state index contributed by atoms with van der Waals surface area (Å²) < 4.78 is 6.99. The number of hydrogen-bond donors (Lipinski definition) is 0. The summed E-state index contributed by atoms with van der Waals surface area (Å²) in [5, 5.41) is 0. The minimum absolute atomic E-state index is 0.0100. The molecule has 1 saturated carbocycles. The standard InChI is InChI=1S/C18H20N2O4/c1-3-20-14-9-8-12(10-13(14)19-11(2)17(20)22)18(23)24-16-7-5-4-6-15(16)21/h8-10,16H,3-7H2,1-2H3/t16-/m0/s1. The monoisotopic (exact) mass is 328 g/mol. The normalized spacial score (nSPS) is 17.9. The van der Waals surface area contributed by atoms with Gasteiger partial charge in [-0.2, -0.15) is 0 Å². The van der Waals surface area contributed by atoms with E-state index >= 15 is 0 Å². The Kier molecular flexibility index (Phi) is 4.46. The van der Waals surface area contributed by atoms with Crippen LogP contribution in [0.15, 0.2) is 23.0 Å². The number of carbonyl (C=O) groups is 2. The highest BCUT2D eigenvalue weighted by molar-refractivity contribution is 5.95. The van der Waals surface area contributed by atoms with Crippen LogP contribution in [0.4, 0.5) is 0 Å². The maximum atomic E-state index is 12.3. The topological polar surface area (TPSA) is 78.3 Å². The van der Waals surface area contributed by atoms with Crippen LogP contribution in [0.3, 0.4) is 0 Å². The molecule has 0 N–H and O–H groups in total. The summed E-state index contributed by atoms with van der Waals surface area (Å²) in [7, 11) is 0. The second kappa shape index (κ2) is 6.55. The summed E-state index contributed by atoms with van der Waals surface area (Å²) in [6.07, 6.45) is 2.18. The maximum absolute atomic E-state index is 12.3. The summed E-state index contributed by atoms with van der Waals surface area (Å²) in [4.78, 5) is 40.5. The van der Waals surface area contributed by atoms with Gasteiger partial charge < -0.3 is 9.30 Å². The van der Waals surface area contributed by atoms with Gasteiger partial charge in [0.1, 0.15) is 5.69 Å². The van der Waals surface area contributed by atoms with E-state index in [0.29, 0.717) is 41.7 Å². The van der Waals surface area contributed by atoms with E-state index in [1.165, 1.54) is 0 Å². The quantitative estimate of drug-likeness (QED) is 0.808. The van der Waals surface area contributed by atoms with Gasteiger partial charge in [0.05, 0.1) is 16.6 Å². The summed E-state index contributed by atoms with van der Waals surface area (Å²) in [5.41, 5.74) is 1.84.